The average Bonchev–Trinajstić information content (AvgIpc) is 2.77. The molecule has 0 bridgehead atoms. The molecule has 1 nitrogen and oxygen atoms in total. The number of alkyl halides is 3. The molecule has 0 aliphatic heterocycles. The Morgan fingerprint density at radius 2 is 1.67 bits per heavy atom. The van der Waals surface area contributed by atoms with Crippen molar-refractivity contribution in [3.8, 4) is 0 Å². The van der Waals surface area contributed by atoms with Crippen LogP contribution in [0.2, 0.25) is 0 Å². The molecule has 2 N–H and O–H groups in total. The highest BCUT2D eigenvalue weighted by Gasteiger charge is 2.30. The van der Waals surface area contributed by atoms with E-state index >= 15 is 0 Å². The van der Waals surface area contributed by atoms with Crippen LogP contribution in [-0.2, 0) is 25.4 Å². The van der Waals surface area contributed by atoms with Crippen LogP contribution in [0.1, 0.15) is 27.8 Å². The zero-order valence-corrected chi connectivity index (χ0v) is 11.5. The van der Waals surface area contributed by atoms with E-state index in [1.807, 2.05) is 12.1 Å². The van der Waals surface area contributed by atoms with Crippen molar-refractivity contribution in [2.24, 2.45) is 5.73 Å². The van der Waals surface area contributed by atoms with Crippen LogP contribution in [0, 0.1) is 0 Å². The Kier molecular flexibility index (Phi) is 3.49. The fourth-order valence-corrected chi connectivity index (χ4v) is 2.91. The van der Waals surface area contributed by atoms with Crippen LogP contribution in [0.15, 0.2) is 42.5 Å². The summed E-state index contributed by atoms with van der Waals surface area (Å²) in [7, 11) is 0. The predicted octanol–water partition coefficient (Wildman–Crippen LogP) is 3.72. The lowest BCUT2D eigenvalue weighted by Gasteiger charge is -2.09. The van der Waals surface area contributed by atoms with E-state index in [4.69, 9.17) is 5.73 Å². The van der Waals surface area contributed by atoms with E-state index in [-0.39, 0.29) is 6.04 Å². The number of rotatable bonds is 2. The van der Waals surface area contributed by atoms with Crippen molar-refractivity contribution in [1.82, 2.24) is 0 Å². The van der Waals surface area contributed by atoms with Gasteiger partial charge in [0.25, 0.3) is 0 Å². The second-order valence-corrected chi connectivity index (χ2v) is 5.65. The Morgan fingerprint density at radius 1 is 0.952 bits per heavy atom. The van der Waals surface area contributed by atoms with E-state index in [0.29, 0.717) is 12.0 Å². The molecular weight excluding hydrogens is 275 g/mol. The first-order chi connectivity index (χ1) is 9.91. The Morgan fingerprint density at radius 3 is 2.43 bits per heavy atom. The fourth-order valence-electron chi connectivity index (χ4n) is 2.91. The van der Waals surface area contributed by atoms with Gasteiger partial charge in [-0.25, -0.2) is 0 Å². The molecule has 110 valence electrons. The van der Waals surface area contributed by atoms with Gasteiger partial charge in [-0.2, -0.15) is 13.2 Å². The third-order valence-electron chi connectivity index (χ3n) is 3.90. The smallest absolute Gasteiger partial charge is 0.327 e. The van der Waals surface area contributed by atoms with Gasteiger partial charge in [0.05, 0.1) is 5.56 Å². The normalized spacial score (nSPS) is 17.8. The third kappa shape index (κ3) is 3.10. The molecule has 0 amide bonds. The number of hydrogen-bond donors (Lipinski definition) is 1. The van der Waals surface area contributed by atoms with Gasteiger partial charge in [-0.05, 0) is 47.6 Å². The zero-order valence-electron chi connectivity index (χ0n) is 11.5. The molecule has 2 aromatic rings. The van der Waals surface area contributed by atoms with Crippen LogP contribution in [0.25, 0.3) is 0 Å². The Balaban J connectivity index is 1.83. The first-order valence-electron chi connectivity index (χ1n) is 6.94. The summed E-state index contributed by atoms with van der Waals surface area (Å²) in [5, 5.41) is 0. The summed E-state index contributed by atoms with van der Waals surface area (Å²) in [6.45, 7) is 0. The predicted molar refractivity (Wildman–Crippen MR) is 76.1 cm³/mol. The first-order valence-corrected chi connectivity index (χ1v) is 6.94. The molecule has 0 radical (unpaired) electrons. The summed E-state index contributed by atoms with van der Waals surface area (Å²) in [5.74, 6) is 0. The molecule has 0 aromatic heterocycles. The van der Waals surface area contributed by atoms with E-state index in [9.17, 15) is 13.2 Å². The van der Waals surface area contributed by atoms with E-state index in [1.165, 1.54) is 23.3 Å². The molecule has 4 heteroatoms. The number of hydrogen-bond acceptors (Lipinski definition) is 1. The van der Waals surface area contributed by atoms with Crippen LogP contribution < -0.4 is 5.73 Å². The van der Waals surface area contributed by atoms with Crippen LogP contribution in [0.5, 0.6) is 0 Å². The summed E-state index contributed by atoms with van der Waals surface area (Å²) >= 11 is 0. The minimum absolute atomic E-state index is 0.170. The Labute approximate surface area is 121 Å². The summed E-state index contributed by atoms with van der Waals surface area (Å²) in [6, 6.07) is 11.8. The molecule has 0 spiro atoms. The van der Waals surface area contributed by atoms with E-state index in [2.05, 4.69) is 6.07 Å². The minimum atomic E-state index is -4.29. The van der Waals surface area contributed by atoms with E-state index in [1.54, 1.807) is 6.07 Å². The lowest BCUT2D eigenvalue weighted by molar-refractivity contribution is -0.137. The molecule has 1 atom stereocenters. The lowest BCUT2D eigenvalue weighted by Crippen LogP contribution is -2.18. The standard InChI is InChI=1S/C17H16F3N/c18-17(19,20)15-3-1-2-11(8-15)6-12-4-5-13-9-16(21)10-14(13)7-12/h1-5,7-8,16H,6,9-10,21H2/t16-/m0/s1. The highest BCUT2D eigenvalue weighted by atomic mass is 19.4. The van der Waals surface area contributed by atoms with Gasteiger partial charge in [-0.1, -0.05) is 36.4 Å². The van der Waals surface area contributed by atoms with Gasteiger partial charge in [0, 0.05) is 6.04 Å². The summed E-state index contributed by atoms with van der Waals surface area (Å²) in [6.07, 6.45) is -2.04. The van der Waals surface area contributed by atoms with Crippen molar-refractivity contribution in [1.29, 1.82) is 0 Å². The van der Waals surface area contributed by atoms with Gasteiger partial charge in [0.15, 0.2) is 0 Å². The van der Waals surface area contributed by atoms with Crippen LogP contribution in [0.3, 0.4) is 0 Å². The largest absolute Gasteiger partial charge is 0.416 e. The van der Waals surface area contributed by atoms with E-state index in [0.717, 1.165) is 24.5 Å². The maximum atomic E-state index is 12.7. The second kappa shape index (κ2) is 5.19. The summed E-state index contributed by atoms with van der Waals surface area (Å²) in [5.41, 5.74) is 9.53. The summed E-state index contributed by atoms with van der Waals surface area (Å²) in [4.78, 5) is 0. The van der Waals surface area contributed by atoms with Crippen molar-refractivity contribution >= 4 is 0 Å². The molecule has 1 aliphatic rings. The Hall–Kier alpha value is -1.81. The highest BCUT2D eigenvalue weighted by molar-refractivity contribution is 5.39. The number of halogens is 3. The molecule has 0 saturated heterocycles. The number of fused-ring (bicyclic) bond motifs is 1. The molecule has 1 aliphatic carbocycles. The minimum Gasteiger partial charge on any atom is -0.327 e. The monoisotopic (exact) mass is 291 g/mol. The molecule has 0 heterocycles. The number of nitrogens with two attached hydrogens (primary N) is 1. The fraction of sp³-hybridized carbons (Fsp3) is 0.294. The Bertz CT molecular complexity index is 661. The van der Waals surface area contributed by atoms with Crippen LogP contribution >= 0.6 is 0 Å². The zero-order chi connectivity index (χ0) is 15.0. The molecule has 0 saturated carbocycles. The van der Waals surface area contributed by atoms with Gasteiger partial charge < -0.3 is 5.73 Å². The van der Waals surface area contributed by atoms with Crippen LogP contribution in [-0.4, -0.2) is 6.04 Å². The van der Waals surface area contributed by atoms with Crippen molar-refractivity contribution in [2.75, 3.05) is 0 Å². The van der Waals surface area contributed by atoms with E-state index < -0.39 is 11.7 Å². The molecule has 21 heavy (non-hydrogen) atoms. The van der Waals surface area contributed by atoms with Crippen molar-refractivity contribution < 1.29 is 13.2 Å². The van der Waals surface area contributed by atoms with Crippen LogP contribution in [0.4, 0.5) is 13.2 Å². The second-order valence-electron chi connectivity index (χ2n) is 5.65. The quantitative estimate of drug-likeness (QED) is 0.896. The van der Waals surface area contributed by atoms with Crippen molar-refractivity contribution in [3.63, 3.8) is 0 Å². The maximum Gasteiger partial charge on any atom is 0.416 e. The number of benzene rings is 2. The van der Waals surface area contributed by atoms with Crippen molar-refractivity contribution in [3.05, 3.63) is 70.3 Å². The van der Waals surface area contributed by atoms with Gasteiger partial charge >= 0.3 is 6.18 Å². The molecule has 2 aromatic carbocycles. The highest BCUT2D eigenvalue weighted by Crippen LogP contribution is 2.30. The third-order valence-corrected chi connectivity index (χ3v) is 3.90. The van der Waals surface area contributed by atoms with Gasteiger partial charge in [0.1, 0.15) is 0 Å². The average molecular weight is 291 g/mol. The van der Waals surface area contributed by atoms with Gasteiger partial charge in [-0.3, -0.25) is 0 Å². The van der Waals surface area contributed by atoms with Gasteiger partial charge in [0.2, 0.25) is 0 Å². The lowest BCUT2D eigenvalue weighted by atomic mass is 9.99. The summed E-state index contributed by atoms with van der Waals surface area (Å²) < 4.78 is 38.1. The molecule has 0 unspecified atom stereocenters. The molecule has 0 fully saturated rings. The molecular formula is C17H16F3N. The first kappa shape index (κ1) is 14.1. The van der Waals surface area contributed by atoms with Gasteiger partial charge in [-0.15, -0.1) is 0 Å². The SMILES string of the molecule is N[C@H]1Cc2ccc(Cc3cccc(C(F)(F)F)c3)cc2C1. The maximum absolute atomic E-state index is 12.7. The van der Waals surface area contributed by atoms with Crippen molar-refractivity contribution in [2.45, 2.75) is 31.5 Å². The molecule has 3 rings (SSSR count). The topological polar surface area (TPSA) is 26.0 Å².